The van der Waals surface area contributed by atoms with Crippen molar-refractivity contribution in [1.82, 2.24) is 10.9 Å². The average molecular weight is 412 g/mol. The molecule has 134 valence electrons. The third-order valence-corrected chi connectivity index (χ3v) is 3.39. The van der Waals surface area contributed by atoms with Crippen molar-refractivity contribution in [3.05, 3.63) is 33.9 Å². The van der Waals surface area contributed by atoms with E-state index < -0.39 is 11.9 Å². The normalized spacial score (nSPS) is 10.4. The van der Waals surface area contributed by atoms with Gasteiger partial charge >= 0.3 is 5.97 Å². The van der Waals surface area contributed by atoms with E-state index in [4.69, 9.17) is 19.5 Å². The van der Waals surface area contributed by atoms with Gasteiger partial charge in [0.1, 0.15) is 6.07 Å². The van der Waals surface area contributed by atoms with Crippen LogP contribution >= 0.6 is 15.9 Å². The Hall–Kier alpha value is -2.73. The van der Waals surface area contributed by atoms with Gasteiger partial charge in [-0.3, -0.25) is 10.2 Å². The lowest BCUT2D eigenvalue weighted by atomic mass is 10.2. The Balaban J connectivity index is 2.86. The maximum atomic E-state index is 12.2. The number of ether oxygens (including phenoxy) is 3. The molecule has 0 saturated heterocycles. The van der Waals surface area contributed by atoms with E-state index in [0.717, 1.165) is 6.20 Å². The van der Waals surface area contributed by atoms with Crippen LogP contribution in [-0.4, -0.2) is 32.2 Å². The predicted molar refractivity (Wildman–Crippen MR) is 92.8 cm³/mol. The number of esters is 1. The minimum absolute atomic E-state index is 0.143. The first-order valence-corrected chi connectivity index (χ1v) is 8.11. The second-order valence-electron chi connectivity index (χ2n) is 4.41. The molecule has 0 aliphatic heterocycles. The Morgan fingerprint density at radius 3 is 2.60 bits per heavy atom. The first-order valence-electron chi connectivity index (χ1n) is 7.32. The fraction of sp³-hybridized carbons (Fsp3) is 0.312. The van der Waals surface area contributed by atoms with Crippen molar-refractivity contribution in [1.29, 1.82) is 5.26 Å². The first-order chi connectivity index (χ1) is 12.0. The number of rotatable bonds is 8. The summed E-state index contributed by atoms with van der Waals surface area (Å²) in [5, 5.41) is 8.88. The number of nitrogens with zero attached hydrogens (tertiary/aromatic N) is 1. The second-order valence-corrected chi connectivity index (χ2v) is 5.27. The van der Waals surface area contributed by atoms with E-state index in [1.165, 1.54) is 13.2 Å². The Labute approximate surface area is 153 Å². The number of amides is 1. The SMILES string of the molecule is CCOC(=O)/C(C#N)=C/NNC(=O)c1cc(Br)c(OCC)c(OC)c1. The molecule has 0 aromatic heterocycles. The van der Waals surface area contributed by atoms with Gasteiger partial charge < -0.3 is 19.6 Å². The number of carbonyl (C=O) groups excluding carboxylic acids is 2. The monoisotopic (exact) mass is 411 g/mol. The molecule has 0 heterocycles. The molecule has 0 spiro atoms. The summed E-state index contributed by atoms with van der Waals surface area (Å²) < 4.78 is 15.9. The Kier molecular flexibility index (Phi) is 8.29. The molecule has 1 rings (SSSR count). The molecule has 0 bridgehead atoms. The van der Waals surface area contributed by atoms with Crippen LogP contribution in [0.3, 0.4) is 0 Å². The number of nitrogens with one attached hydrogen (secondary N) is 2. The highest BCUT2D eigenvalue weighted by atomic mass is 79.9. The molecule has 0 saturated carbocycles. The number of nitriles is 1. The van der Waals surface area contributed by atoms with Crippen molar-refractivity contribution in [2.45, 2.75) is 13.8 Å². The van der Waals surface area contributed by atoms with Crippen molar-refractivity contribution in [3.63, 3.8) is 0 Å². The maximum Gasteiger partial charge on any atom is 0.350 e. The highest BCUT2D eigenvalue weighted by molar-refractivity contribution is 9.10. The lowest BCUT2D eigenvalue weighted by molar-refractivity contribution is -0.138. The van der Waals surface area contributed by atoms with Gasteiger partial charge in [-0.05, 0) is 41.9 Å². The standard InChI is InChI=1S/C16H18BrN3O5/c1-4-24-14-12(17)6-10(7-13(14)23-3)15(21)20-19-9-11(8-18)16(22)25-5-2/h6-7,9,19H,4-5H2,1-3H3,(H,20,21)/b11-9+. The van der Waals surface area contributed by atoms with Gasteiger partial charge in [-0.2, -0.15) is 5.26 Å². The molecular weight excluding hydrogens is 394 g/mol. The zero-order chi connectivity index (χ0) is 18.8. The minimum atomic E-state index is -0.780. The number of hydrazine groups is 1. The van der Waals surface area contributed by atoms with E-state index in [0.29, 0.717) is 22.6 Å². The first kappa shape index (κ1) is 20.3. The summed E-state index contributed by atoms with van der Waals surface area (Å²) in [6.45, 7) is 4.04. The zero-order valence-electron chi connectivity index (χ0n) is 14.0. The Morgan fingerprint density at radius 2 is 2.04 bits per heavy atom. The second kappa shape index (κ2) is 10.2. The van der Waals surface area contributed by atoms with Crippen LogP contribution in [0.25, 0.3) is 0 Å². The van der Waals surface area contributed by atoms with E-state index in [9.17, 15) is 9.59 Å². The Morgan fingerprint density at radius 1 is 1.32 bits per heavy atom. The largest absolute Gasteiger partial charge is 0.493 e. The van der Waals surface area contributed by atoms with Gasteiger partial charge in [-0.1, -0.05) is 0 Å². The number of hydrogen-bond donors (Lipinski definition) is 2. The van der Waals surface area contributed by atoms with Crippen LogP contribution < -0.4 is 20.3 Å². The lowest BCUT2D eigenvalue weighted by Gasteiger charge is -2.13. The Bertz CT molecular complexity index is 712. The third kappa shape index (κ3) is 5.69. The smallest absolute Gasteiger partial charge is 0.350 e. The van der Waals surface area contributed by atoms with Gasteiger partial charge in [0.15, 0.2) is 17.1 Å². The molecule has 0 fully saturated rings. The molecule has 1 amide bonds. The molecule has 0 aliphatic carbocycles. The van der Waals surface area contributed by atoms with Crippen molar-refractivity contribution in [3.8, 4) is 17.6 Å². The fourth-order valence-electron chi connectivity index (χ4n) is 1.73. The van der Waals surface area contributed by atoms with Crippen LogP contribution in [0.4, 0.5) is 0 Å². The van der Waals surface area contributed by atoms with Crippen LogP contribution in [0.1, 0.15) is 24.2 Å². The highest BCUT2D eigenvalue weighted by Gasteiger charge is 2.15. The van der Waals surface area contributed by atoms with E-state index in [-0.39, 0.29) is 17.7 Å². The van der Waals surface area contributed by atoms with E-state index in [2.05, 4.69) is 26.8 Å². The predicted octanol–water partition coefficient (Wildman–Crippen LogP) is 2.06. The molecule has 1 aromatic carbocycles. The summed E-state index contributed by atoms with van der Waals surface area (Å²) in [4.78, 5) is 23.6. The van der Waals surface area contributed by atoms with E-state index in [1.54, 1.807) is 19.1 Å². The molecule has 0 unspecified atom stereocenters. The number of halogens is 1. The molecule has 8 nitrogen and oxygen atoms in total. The van der Waals surface area contributed by atoms with Crippen molar-refractivity contribution >= 4 is 27.8 Å². The topological polar surface area (TPSA) is 110 Å². The van der Waals surface area contributed by atoms with Crippen molar-refractivity contribution in [2.75, 3.05) is 20.3 Å². The summed E-state index contributed by atoms with van der Waals surface area (Å²) in [7, 11) is 1.46. The van der Waals surface area contributed by atoms with Gasteiger partial charge in [0, 0.05) is 11.8 Å². The fourth-order valence-corrected chi connectivity index (χ4v) is 2.28. The molecule has 25 heavy (non-hydrogen) atoms. The maximum absolute atomic E-state index is 12.2. The van der Waals surface area contributed by atoms with Gasteiger partial charge in [-0.15, -0.1) is 0 Å². The molecule has 2 N–H and O–H groups in total. The van der Waals surface area contributed by atoms with Gasteiger partial charge in [0.25, 0.3) is 5.91 Å². The number of methoxy groups -OCH3 is 1. The summed E-state index contributed by atoms with van der Waals surface area (Å²) >= 11 is 3.33. The molecule has 0 atom stereocenters. The van der Waals surface area contributed by atoms with E-state index >= 15 is 0 Å². The van der Waals surface area contributed by atoms with Crippen LogP contribution in [0, 0.1) is 11.3 Å². The van der Waals surface area contributed by atoms with Gasteiger partial charge in [0.2, 0.25) is 0 Å². The van der Waals surface area contributed by atoms with Gasteiger partial charge in [-0.25, -0.2) is 4.79 Å². The zero-order valence-corrected chi connectivity index (χ0v) is 15.6. The number of benzene rings is 1. The van der Waals surface area contributed by atoms with Crippen molar-refractivity contribution in [2.24, 2.45) is 0 Å². The summed E-state index contributed by atoms with van der Waals surface area (Å²) in [6.07, 6.45) is 1.05. The highest BCUT2D eigenvalue weighted by Crippen LogP contribution is 2.36. The molecule has 9 heteroatoms. The quantitative estimate of drug-likeness (QED) is 0.291. The van der Waals surface area contributed by atoms with Crippen LogP contribution in [0.15, 0.2) is 28.4 Å². The summed E-state index contributed by atoms with van der Waals surface area (Å²) in [6, 6.07) is 4.75. The summed E-state index contributed by atoms with van der Waals surface area (Å²) in [5.41, 5.74) is 4.76. The average Bonchev–Trinajstić information content (AvgIpc) is 2.60. The van der Waals surface area contributed by atoms with E-state index in [1.807, 2.05) is 6.92 Å². The third-order valence-electron chi connectivity index (χ3n) is 2.80. The molecule has 1 aromatic rings. The van der Waals surface area contributed by atoms with Crippen LogP contribution in [-0.2, 0) is 9.53 Å². The molecular formula is C16H18BrN3O5. The lowest BCUT2D eigenvalue weighted by Crippen LogP contribution is -2.34. The summed E-state index contributed by atoms with van der Waals surface area (Å²) in [5.74, 6) is -0.402. The molecule has 0 aliphatic rings. The minimum Gasteiger partial charge on any atom is -0.493 e. The van der Waals surface area contributed by atoms with Crippen LogP contribution in [0.2, 0.25) is 0 Å². The number of hydrogen-bond acceptors (Lipinski definition) is 7. The molecule has 0 radical (unpaired) electrons. The van der Waals surface area contributed by atoms with Gasteiger partial charge in [0.05, 0.1) is 24.8 Å². The van der Waals surface area contributed by atoms with Crippen LogP contribution in [0.5, 0.6) is 11.5 Å². The number of carbonyl (C=O) groups is 2. The van der Waals surface area contributed by atoms with Crippen molar-refractivity contribution < 1.29 is 23.8 Å².